The molecule has 1 aromatic carbocycles. The molecule has 2 aliphatic rings. The summed E-state index contributed by atoms with van der Waals surface area (Å²) in [5, 5.41) is 3.38. The second-order valence-electron chi connectivity index (χ2n) is 7.39. The topological polar surface area (TPSA) is 54.0 Å². The Balaban J connectivity index is 1.85. The second-order valence-corrected chi connectivity index (χ2v) is 7.39. The molecule has 1 unspecified atom stereocenters. The molecule has 2 heterocycles. The number of rotatable bonds is 1. The molecule has 1 fully saturated rings. The number of carbonyl (C=O) groups is 1. The van der Waals surface area contributed by atoms with Crippen LogP contribution in [0.5, 0.6) is 5.75 Å². The molecule has 132 valence electrons. The number of benzene rings is 1. The highest BCUT2D eigenvalue weighted by atomic mass is 16.6. The van der Waals surface area contributed by atoms with Crippen molar-refractivity contribution in [1.82, 2.24) is 10.2 Å². The smallest absolute Gasteiger partial charge is 0.410 e. The van der Waals surface area contributed by atoms with E-state index in [9.17, 15) is 4.79 Å². The van der Waals surface area contributed by atoms with Gasteiger partial charge in [-0.05, 0) is 38.5 Å². The third kappa shape index (κ3) is 3.59. The van der Waals surface area contributed by atoms with Crippen LogP contribution in [0.1, 0.15) is 32.4 Å². The number of hydrogen-bond acceptors (Lipinski definition) is 5. The standard InChI is InChI=1S/C18H27N3O3/c1-18(2,3)24-17(22)21-8-7-19-12-15(21)13-5-6-16-14(11-13)20(4)9-10-23-16/h5-6,11,15,19H,7-10,12H2,1-4H3. The molecule has 1 atom stereocenters. The average Bonchev–Trinajstić information content (AvgIpc) is 2.53. The first-order valence-electron chi connectivity index (χ1n) is 8.53. The van der Waals surface area contributed by atoms with E-state index in [1.54, 1.807) is 0 Å². The third-order valence-corrected chi connectivity index (χ3v) is 4.33. The SMILES string of the molecule is CN1CCOc2ccc(C3CNCCN3C(=O)OC(C)(C)C)cc21. The van der Waals surface area contributed by atoms with Crippen molar-refractivity contribution in [2.45, 2.75) is 32.4 Å². The summed E-state index contributed by atoms with van der Waals surface area (Å²) in [5.41, 5.74) is 1.69. The Kier molecular flexibility index (Phi) is 4.58. The molecule has 2 aliphatic heterocycles. The lowest BCUT2D eigenvalue weighted by Crippen LogP contribution is -2.50. The first kappa shape index (κ1) is 16.9. The predicted octanol–water partition coefficient (Wildman–Crippen LogP) is 2.40. The lowest BCUT2D eigenvalue weighted by atomic mass is 10.0. The zero-order chi connectivity index (χ0) is 17.3. The number of hydrogen-bond donors (Lipinski definition) is 1. The number of piperazine rings is 1. The number of carbonyl (C=O) groups excluding carboxylic acids is 1. The van der Waals surface area contributed by atoms with E-state index < -0.39 is 5.60 Å². The number of nitrogens with one attached hydrogen (secondary N) is 1. The Morgan fingerprint density at radius 2 is 2.12 bits per heavy atom. The Morgan fingerprint density at radius 1 is 1.33 bits per heavy atom. The number of amides is 1. The summed E-state index contributed by atoms with van der Waals surface area (Å²) < 4.78 is 11.3. The average molecular weight is 333 g/mol. The van der Waals surface area contributed by atoms with Gasteiger partial charge in [-0.2, -0.15) is 0 Å². The molecule has 0 aliphatic carbocycles. The molecule has 6 nitrogen and oxygen atoms in total. The summed E-state index contributed by atoms with van der Waals surface area (Å²) in [6.07, 6.45) is -0.253. The number of nitrogens with zero attached hydrogens (tertiary/aromatic N) is 2. The van der Waals surface area contributed by atoms with Gasteiger partial charge in [0.05, 0.1) is 18.3 Å². The van der Waals surface area contributed by atoms with Gasteiger partial charge in [0.1, 0.15) is 18.0 Å². The maximum Gasteiger partial charge on any atom is 0.410 e. The molecule has 0 bridgehead atoms. The monoisotopic (exact) mass is 333 g/mol. The highest BCUT2D eigenvalue weighted by molar-refractivity contribution is 5.70. The van der Waals surface area contributed by atoms with Crippen LogP contribution in [0.4, 0.5) is 10.5 Å². The maximum atomic E-state index is 12.6. The van der Waals surface area contributed by atoms with E-state index in [1.165, 1.54) is 0 Å². The van der Waals surface area contributed by atoms with Crippen LogP contribution in [-0.4, -0.2) is 56.4 Å². The van der Waals surface area contributed by atoms with E-state index in [1.807, 2.05) is 37.8 Å². The summed E-state index contributed by atoms with van der Waals surface area (Å²) in [6, 6.07) is 6.15. The van der Waals surface area contributed by atoms with E-state index >= 15 is 0 Å². The quantitative estimate of drug-likeness (QED) is 0.855. The van der Waals surface area contributed by atoms with Gasteiger partial charge < -0.3 is 19.7 Å². The van der Waals surface area contributed by atoms with Gasteiger partial charge in [0.25, 0.3) is 0 Å². The van der Waals surface area contributed by atoms with Crippen molar-refractivity contribution in [2.24, 2.45) is 0 Å². The van der Waals surface area contributed by atoms with Crippen LogP contribution < -0.4 is 15.0 Å². The van der Waals surface area contributed by atoms with Crippen LogP contribution in [-0.2, 0) is 4.74 Å². The van der Waals surface area contributed by atoms with Gasteiger partial charge >= 0.3 is 6.09 Å². The minimum atomic E-state index is -0.490. The fraction of sp³-hybridized carbons (Fsp3) is 0.611. The van der Waals surface area contributed by atoms with Gasteiger partial charge in [0.15, 0.2) is 0 Å². The fourth-order valence-electron chi connectivity index (χ4n) is 3.12. The molecule has 1 saturated heterocycles. The number of likely N-dealkylation sites (N-methyl/N-ethyl adjacent to an activating group) is 1. The molecule has 1 N–H and O–H groups in total. The van der Waals surface area contributed by atoms with Crippen LogP contribution in [0.3, 0.4) is 0 Å². The molecule has 1 aromatic rings. The molecule has 0 radical (unpaired) electrons. The lowest BCUT2D eigenvalue weighted by molar-refractivity contribution is 0.0118. The minimum Gasteiger partial charge on any atom is -0.490 e. The summed E-state index contributed by atoms with van der Waals surface area (Å²) in [5.74, 6) is 0.903. The largest absolute Gasteiger partial charge is 0.490 e. The number of ether oxygens (including phenoxy) is 2. The van der Waals surface area contributed by atoms with Crippen LogP contribution in [0.25, 0.3) is 0 Å². The highest BCUT2D eigenvalue weighted by Crippen LogP contribution is 2.35. The van der Waals surface area contributed by atoms with Crippen molar-refractivity contribution in [3.8, 4) is 5.75 Å². The Labute approximate surface area is 143 Å². The normalized spacial score (nSPS) is 21.1. The molecular weight excluding hydrogens is 306 g/mol. The second kappa shape index (κ2) is 6.51. The van der Waals surface area contributed by atoms with Crippen molar-refractivity contribution < 1.29 is 14.3 Å². The molecule has 0 spiro atoms. The van der Waals surface area contributed by atoms with E-state index in [4.69, 9.17) is 9.47 Å². The molecule has 0 saturated carbocycles. The van der Waals surface area contributed by atoms with E-state index in [2.05, 4.69) is 23.3 Å². The summed E-state index contributed by atoms with van der Waals surface area (Å²) in [6.45, 7) is 9.41. The molecule has 24 heavy (non-hydrogen) atoms. The van der Waals surface area contributed by atoms with Crippen LogP contribution in [0.15, 0.2) is 18.2 Å². The van der Waals surface area contributed by atoms with Gasteiger partial charge in [-0.25, -0.2) is 4.79 Å². The molecular formula is C18H27N3O3. The zero-order valence-electron chi connectivity index (χ0n) is 15.0. The van der Waals surface area contributed by atoms with Gasteiger partial charge in [0.2, 0.25) is 0 Å². The third-order valence-electron chi connectivity index (χ3n) is 4.33. The first-order chi connectivity index (χ1) is 11.3. The molecule has 1 amide bonds. The number of fused-ring (bicyclic) bond motifs is 1. The van der Waals surface area contributed by atoms with Crippen molar-refractivity contribution in [2.75, 3.05) is 44.7 Å². The van der Waals surface area contributed by atoms with Crippen molar-refractivity contribution in [3.63, 3.8) is 0 Å². The summed E-state index contributed by atoms with van der Waals surface area (Å²) in [7, 11) is 2.07. The zero-order valence-corrected chi connectivity index (χ0v) is 15.0. The lowest BCUT2D eigenvalue weighted by Gasteiger charge is -2.38. The van der Waals surface area contributed by atoms with Crippen LogP contribution in [0, 0.1) is 0 Å². The van der Waals surface area contributed by atoms with Gasteiger partial charge in [-0.1, -0.05) is 6.07 Å². The summed E-state index contributed by atoms with van der Waals surface area (Å²) >= 11 is 0. The maximum absolute atomic E-state index is 12.6. The van der Waals surface area contributed by atoms with E-state index in [0.717, 1.165) is 36.6 Å². The molecule has 6 heteroatoms. The number of anilines is 1. The minimum absolute atomic E-state index is 0.0331. The van der Waals surface area contributed by atoms with Gasteiger partial charge in [-0.3, -0.25) is 4.90 Å². The molecule has 0 aromatic heterocycles. The fourth-order valence-corrected chi connectivity index (χ4v) is 3.12. The van der Waals surface area contributed by atoms with Crippen LogP contribution in [0.2, 0.25) is 0 Å². The predicted molar refractivity (Wildman–Crippen MR) is 93.8 cm³/mol. The van der Waals surface area contributed by atoms with Crippen LogP contribution >= 0.6 is 0 Å². The first-order valence-corrected chi connectivity index (χ1v) is 8.53. The van der Waals surface area contributed by atoms with Gasteiger partial charge in [0, 0.05) is 26.7 Å². The van der Waals surface area contributed by atoms with Crippen molar-refractivity contribution in [1.29, 1.82) is 0 Å². The van der Waals surface area contributed by atoms with E-state index in [0.29, 0.717) is 13.2 Å². The highest BCUT2D eigenvalue weighted by Gasteiger charge is 2.32. The Hall–Kier alpha value is -1.95. The Bertz CT molecular complexity index is 612. The van der Waals surface area contributed by atoms with Gasteiger partial charge in [-0.15, -0.1) is 0 Å². The Morgan fingerprint density at radius 3 is 2.88 bits per heavy atom. The van der Waals surface area contributed by atoms with E-state index in [-0.39, 0.29) is 12.1 Å². The summed E-state index contributed by atoms with van der Waals surface area (Å²) in [4.78, 5) is 16.6. The van der Waals surface area contributed by atoms with Crippen molar-refractivity contribution in [3.05, 3.63) is 23.8 Å². The van der Waals surface area contributed by atoms with Crippen molar-refractivity contribution >= 4 is 11.8 Å². The molecule has 3 rings (SSSR count).